The lowest BCUT2D eigenvalue weighted by Crippen LogP contribution is -2.24. The minimum Gasteiger partial charge on any atom is -0.496 e. The highest BCUT2D eigenvalue weighted by Crippen LogP contribution is 2.38. The van der Waals surface area contributed by atoms with Crippen LogP contribution in [0.3, 0.4) is 0 Å². The second kappa shape index (κ2) is 12.8. The number of esters is 1. The highest BCUT2D eigenvalue weighted by molar-refractivity contribution is 5.76. The van der Waals surface area contributed by atoms with Crippen LogP contribution in [0.4, 0.5) is 0 Å². The number of hydrogen-bond acceptors (Lipinski definition) is 6. The highest BCUT2D eigenvalue weighted by Gasteiger charge is 2.26. The second-order valence-electron chi connectivity index (χ2n) is 8.91. The fourth-order valence-electron chi connectivity index (χ4n) is 4.64. The molecule has 0 amide bonds. The summed E-state index contributed by atoms with van der Waals surface area (Å²) in [6, 6.07) is 11.4. The Morgan fingerprint density at radius 3 is 2.44 bits per heavy atom. The highest BCUT2D eigenvalue weighted by atomic mass is 16.6. The van der Waals surface area contributed by atoms with Gasteiger partial charge in [-0.2, -0.15) is 0 Å². The SMILES string of the molecule is COc1cc(OC)c2c(c1C)C[C@@H](CCCCC[C@@H](C)OC(=O)[C@@H](OC)c1ccccc1)OC2. The minimum absolute atomic E-state index is 0.144. The molecule has 0 fully saturated rings. The normalized spacial score (nSPS) is 16.9. The van der Waals surface area contributed by atoms with Crippen molar-refractivity contribution >= 4 is 5.97 Å². The van der Waals surface area contributed by atoms with Gasteiger partial charge in [0.05, 0.1) is 33.0 Å². The van der Waals surface area contributed by atoms with Crippen LogP contribution >= 0.6 is 0 Å². The number of fused-ring (bicyclic) bond motifs is 1. The van der Waals surface area contributed by atoms with E-state index < -0.39 is 6.10 Å². The van der Waals surface area contributed by atoms with Gasteiger partial charge in [0.2, 0.25) is 0 Å². The number of hydrogen-bond donors (Lipinski definition) is 0. The molecule has 34 heavy (non-hydrogen) atoms. The number of carbonyl (C=O) groups excluding carboxylic acids is 1. The van der Waals surface area contributed by atoms with E-state index in [9.17, 15) is 4.79 Å². The molecule has 3 rings (SSSR count). The predicted octanol–water partition coefficient (Wildman–Crippen LogP) is 5.72. The lowest BCUT2D eigenvalue weighted by atomic mass is 9.91. The molecule has 186 valence electrons. The van der Waals surface area contributed by atoms with Crippen LogP contribution in [0.25, 0.3) is 0 Å². The minimum atomic E-state index is -0.685. The molecule has 6 nitrogen and oxygen atoms in total. The molecule has 0 unspecified atom stereocenters. The number of unbranched alkanes of at least 4 members (excludes halogenated alkanes) is 2. The Balaban J connectivity index is 1.40. The first kappa shape index (κ1) is 26.0. The molecule has 0 aromatic heterocycles. The fourth-order valence-corrected chi connectivity index (χ4v) is 4.64. The van der Waals surface area contributed by atoms with Crippen LogP contribution in [0.5, 0.6) is 11.5 Å². The average Bonchev–Trinajstić information content (AvgIpc) is 2.85. The average molecular weight is 471 g/mol. The maximum atomic E-state index is 12.5. The molecular weight excluding hydrogens is 432 g/mol. The second-order valence-corrected chi connectivity index (χ2v) is 8.91. The molecule has 0 radical (unpaired) electrons. The first-order chi connectivity index (χ1) is 16.5. The number of methoxy groups -OCH3 is 3. The third-order valence-electron chi connectivity index (χ3n) is 6.59. The molecule has 1 heterocycles. The van der Waals surface area contributed by atoms with Crippen molar-refractivity contribution in [1.29, 1.82) is 0 Å². The van der Waals surface area contributed by atoms with Crippen molar-refractivity contribution in [2.75, 3.05) is 21.3 Å². The largest absolute Gasteiger partial charge is 0.496 e. The van der Waals surface area contributed by atoms with Crippen molar-refractivity contribution in [3.05, 3.63) is 58.7 Å². The van der Waals surface area contributed by atoms with Gasteiger partial charge in [0.15, 0.2) is 6.10 Å². The number of ether oxygens (including phenoxy) is 5. The van der Waals surface area contributed by atoms with Gasteiger partial charge in [-0.1, -0.05) is 43.2 Å². The van der Waals surface area contributed by atoms with Gasteiger partial charge in [-0.15, -0.1) is 0 Å². The summed E-state index contributed by atoms with van der Waals surface area (Å²) in [5, 5.41) is 0. The van der Waals surface area contributed by atoms with E-state index in [0.717, 1.165) is 61.2 Å². The van der Waals surface area contributed by atoms with E-state index in [0.29, 0.717) is 6.61 Å². The number of rotatable bonds is 12. The summed E-state index contributed by atoms with van der Waals surface area (Å²) in [4.78, 5) is 12.5. The monoisotopic (exact) mass is 470 g/mol. The van der Waals surface area contributed by atoms with Crippen LogP contribution in [-0.2, 0) is 32.0 Å². The van der Waals surface area contributed by atoms with Crippen molar-refractivity contribution in [3.8, 4) is 11.5 Å². The molecule has 3 atom stereocenters. The van der Waals surface area contributed by atoms with Crippen molar-refractivity contribution in [2.24, 2.45) is 0 Å². The fraction of sp³-hybridized carbons (Fsp3) is 0.536. The molecule has 2 aromatic rings. The van der Waals surface area contributed by atoms with Gasteiger partial charge >= 0.3 is 5.97 Å². The molecule has 0 saturated heterocycles. The molecule has 1 aliphatic rings. The van der Waals surface area contributed by atoms with Gasteiger partial charge in [0, 0.05) is 18.7 Å². The van der Waals surface area contributed by atoms with E-state index >= 15 is 0 Å². The van der Waals surface area contributed by atoms with Gasteiger partial charge in [-0.05, 0) is 56.2 Å². The lowest BCUT2D eigenvalue weighted by molar-refractivity contribution is -0.161. The van der Waals surface area contributed by atoms with Crippen molar-refractivity contribution in [3.63, 3.8) is 0 Å². The summed E-state index contributed by atoms with van der Waals surface area (Å²) in [6.45, 7) is 4.62. The van der Waals surface area contributed by atoms with E-state index in [4.69, 9.17) is 23.7 Å². The molecule has 0 bridgehead atoms. The smallest absolute Gasteiger partial charge is 0.340 e. The Kier molecular flexibility index (Phi) is 9.78. The Bertz CT molecular complexity index is 926. The Labute approximate surface area is 203 Å². The van der Waals surface area contributed by atoms with Crippen LogP contribution < -0.4 is 9.47 Å². The van der Waals surface area contributed by atoms with Crippen molar-refractivity contribution < 1.29 is 28.5 Å². The summed E-state index contributed by atoms with van der Waals surface area (Å²) < 4.78 is 28.2. The summed E-state index contributed by atoms with van der Waals surface area (Å²) in [7, 11) is 4.91. The Morgan fingerprint density at radius 2 is 1.76 bits per heavy atom. The summed E-state index contributed by atoms with van der Waals surface area (Å²) >= 11 is 0. The van der Waals surface area contributed by atoms with Crippen LogP contribution in [0.1, 0.15) is 67.4 Å². The van der Waals surface area contributed by atoms with Gasteiger partial charge in [0.25, 0.3) is 0 Å². The summed E-state index contributed by atoms with van der Waals surface area (Å²) in [5.41, 5.74) is 4.41. The molecule has 0 saturated carbocycles. The topological polar surface area (TPSA) is 63.2 Å². The zero-order valence-corrected chi connectivity index (χ0v) is 21.1. The summed E-state index contributed by atoms with van der Waals surface area (Å²) in [5.74, 6) is 1.36. The maximum Gasteiger partial charge on any atom is 0.340 e. The van der Waals surface area contributed by atoms with Crippen LogP contribution in [-0.4, -0.2) is 39.5 Å². The van der Waals surface area contributed by atoms with E-state index in [2.05, 4.69) is 6.92 Å². The Hall–Kier alpha value is -2.57. The van der Waals surface area contributed by atoms with Crippen LogP contribution in [0, 0.1) is 6.92 Å². The quantitative estimate of drug-likeness (QED) is 0.292. The zero-order valence-electron chi connectivity index (χ0n) is 21.1. The first-order valence-electron chi connectivity index (χ1n) is 12.1. The van der Waals surface area contributed by atoms with Gasteiger partial charge in [-0.25, -0.2) is 4.79 Å². The zero-order chi connectivity index (χ0) is 24.5. The molecule has 0 aliphatic carbocycles. The van der Waals surface area contributed by atoms with E-state index in [1.165, 1.54) is 18.2 Å². The predicted molar refractivity (Wildman–Crippen MR) is 131 cm³/mol. The molecule has 6 heteroatoms. The van der Waals surface area contributed by atoms with E-state index in [-0.39, 0.29) is 18.2 Å². The maximum absolute atomic E-state index is 12.5. The third kappa shape index (κ3) is 6.51. The standard InChI is InChI=1S/C28H38O6/c1-19(34-28(29)27(32-5)21-13-9-7-10-14-21)12-8-6-11-15-22-16-23-20(2)25(30-3)17-26(31-4)24(23)18-33-22/h7,9-10,13-14,17,19,22,27H,6,8,11-12,15-16,18H2,1-5H3/t19-,22-,27+/m1/s1. The summed E-state index contributed by atoms with van der Waals surface area (Å²) in [6.07, 6.45) is 5.23. The van der Waals surface area contributed by atoms with E-state index in [1.54, 1.807) is 14.2 Å². The molecule has 1 aliphatic heterocycles. The first-order valence-corrected chi connectivity index (χ1v) is 12.1. The third-order valence-corrected chi connectivity index (χ3v) is 6.59. The van der Waals surface area contributed by atoms with Crippen LogP contribution in [0.15, 0.2) is 36.4 Å². The van der Waals surface area contributed by atoms with Crippen molar-refractivity contribution in [1.82, 2.24) is 0 Å². The van der Waals surface area contributed by atoms with Crippen LogP contribution in [0.2, 0.25) is 0 Å². The van der Waals surface area contributed by atoms with E-state index in [1.807, 2.05) is 43.3 Å². The molecule has 0 spiro atoms. The van der Waals surface area contributed by atoms with Gasteiger partial charge < -0.3 is 23.7 Å². The molecule has 0 N–H and O–H groups in total. The Morgan fingerprint density at radius 1 is 1.03 bits per heavy atom. The van der Waals surface area contributed by atoms with Gasteiger partial charge in [-0.3, -0.25) is 0 Å². The lowest BCUT2D eigenvalue weighted by Gasteiger charge is -2.29. The molecule has 2 aromatic carbocycles. The van der Waals surface area contributed by atoms with Crippen molar-refractivity contribution in [2.45, 2.75) is 77.3 Å². The van der Waals surface area contributed by atoms with Gasteiger partial charge in [0.1, 0.15) is 11.5 Å². The number of carbonyl (C=O) groups is 1. The number of benzene rings is 2. The molecular formula is C28H38O6.